The summed E-state index contributed by atoms with van der Waals surface area (Å²) in [6.07, 6.45) is 0. The number of nitrogens with zero attached hydrogens (tertiary/aromatic N) is 1. The molecule has 0 saturated carbocycles. The second kappa shape index (κ2) is 7.82. The first-order valence-corrected chi connectivity index (χ1v) is 7.47. The van der Waals surface area contributed by atoms with Gasteiger partial charge in [-0.05, 0) is 30.3 Å². The van der Waals surface area contributed by atoms with Crippen molar-refractivity contribution in [1.82, 2.24) is 10.9 Å². The third-order valence-electron chi connectivity index (χ3n) is 3.10. The molecule has 0 bridgehead atoms. The fourth-order valence-corrected chi connectivity index (χ4v) is 2.39. The third-order valence-corrected chi connectivity index (χ3v) is 3.65. The van der Waals surface area contributed by atoms with Crippen molar-refractivity contribution in [3.05, 3.63) is 67.7 Å². The second-order valence-corrected chi connectivity index (χ2v) is 5.52. The number of nitrogens with one attached hydrogen (secondary N) is 2. The van der Waals surface area contributed by atoms with Crippen LogP contribution < -0.4 is 15.6 Å². The molecule has 0 unspecified atom stereocenters. The molecule has 2 aromatic carbocycles. The number of nitro benzene ring substituents is 1. The number of carbonyl (C=O) groups excluding carboxylic acids is 2. The Morgan fingerprint density at radius 3 is 2.36 bits per heavy atom. The van der Waals surface area contributed by atoms with Crippen LogP contribution in [0.5, 0.6) is 5.75 Å². The largest absolute Gasteiger partial charge is 0.490 e. The molecule has 10 heteroatoms. The highest BCUT2D eigenvalue weighted by Crippen LogP contribution is 2.27. The molecule has 0 aliphatic heterocycles. The van der Waals surface area contributed by atoms with Gasteiger partial charge in [0.05, 0.1) is 22.6 Å². The third kappa shape index (κ3) is 4.37. The zero-order chi connectivity index (χ0) is 18.6. The summed E-state index contributed by atoms with van der Waals surface area (Å²) in [6, 6.07) is 7.89. The number of hydrazine groups is 1. The predicted molar refractivity (Wildman–Crippen MR) is 91.0 cm³/mol. The number of hydrogen-bond acceptors (Lipinski definition) is 5. The summed E-state index contributed by atoms with van der Waals surface area (Å²) in [5, 5.41) is 11.4. The molecule has 0 aliphatic carbocycles. The molecule has 0 radical (unpaired) electrons. The molecule has 25 heavy (non-hydrogen) atoms. The standard InChI is InChI=1S/C15H11Cl2N3O5/c1-25-13-5-2-8(6-12(13)20(23)24)14(21)18-19-15(22)10-4-3-9(16)7-11(10)17/h2-7H,1H3,(H,18,21)(H,19,22). The van der Waals surface area contributed by atoms with Crippen molar-refractivity contribution in [1.29, 1.82) is 0 Å². The molecule has 0 atom stereocenters. The van der Waals surface area contributed by atoms with Gasteiger partial charge in [-0.15, -0.1) is 0 Å². The molecule has 0 fully saturated rings. The number of carbonyl (C=O) groups is 2. The maximum atomic E-state index is 12.1. The Morgan fingerprint density at radius 1 is 1.08 bits per heavy atom. The molecule has 130 valence electrons. The highest BCUT2D eigenvalue weighted by molar-refractivity contribution is 6.36. The average Bonchev–Trinajstić information content (AvgIpc) is 2.58. The van der Waals surface area contributed by atoms with Crippen molar-refractivity contribution in [2.24, 2.45) is 0 Å². The van der Waals surface area contributed by atoms with E-state index in [4.69, 9.17) is 27.9 Å². The monoisotopic (exact) mass is 383 g/mol. The van der Waals surface area contributed by atoms with Crippen molar-refractivity contribution in [2.75, 3.05) is 7.11 Å². The van der Waals surface area contributed by atoms with Gasteiger partial charge in [0.1, 0.15) is 0 Å². The average molecular weight is 384 g/mol. The lowest BCUT2D eigenvalue weighted by atomic mass is 10.2. The van der Waals surface area contributed by atoms with E-state index in [9.17, 15) is 19.7 Å². The van der Waals surface area contributed by atoms with Crippen molar-refractivity contribution >= 4 is 40.7 Å². The summed E-state index contributed by atoms with van der Waals surface area (Å²) >= 11 is 11.6. The SMILES string of the molecule is COc1ccc(C(=O)NNC(=O)c2ccc(Cl)cc2Cl)cc1[N+](=O)[O-]. The highest BCUT2D eigenvalue weighted by atomic mass is 35.5. The van der Waals surface area contributed by atoms with Gasteiger partial charge in [-0.3, -0.25) is 30.6 Å². The van der Waals surface area contributed by atoms with E-state index < -0.39 is 16.7 Å². The molecule has 8 nitrogen and oxygen atoms in total. The van der Waals surface area contributed by atoms with E-state index in [1.807, 2.05) is 0 Å². The summed E-state index contributed by atoms with van der Waals surface area (Å²) in [6.45, 7) is 0. The summed E-state index contributed by atoms with van der Waals surface area (Å²) in [7, 11) is 1.28. The van der Waals surface area contributed by atoms with Gasteiger partial charge in [0, 0.05) is 16.7 Å². The summed E-state index contributed by atoms with van der Waals surface area (Å²) in [4.78, 5) is 34.3. The van der Waals surface area contributed by atoms with E-state index in [1.54, 1.807) is 0 Å². The molecule has 2 N–H and O–H groups in total. The highest BCUT2D eigenvalue weighted by Gasteiger charge is 2.19. The molecule has 0 spiro atoms. The van der Waals surface area contributed by atoms with Gasteiger partial charge in [0.15, 0.2) is 5.75 Å². The van der Waals surface area contributed by atoms with E-state index in [-0.39, 0.29) is 27.6 Å². The molecule has 0 heterocycles. The Kier molecular flexibility index (Phi) is 5.79. The smallest absolute Gasteiger partial charge is 0.311 e. The van der Waals surface area contributed by atoms with Crippen LogP contribution in [0.2, 0.25) is 10.0 Å². The normalized spacial score (nSPS) is 10.0. The summed E-state index contributed by atoms with van der Waals surface area (Å²) in [5.74, 6) is -1.40. The Hall–Kier alpha value is -2.84. The predicted octanol–water partition coefficient (Wildman–Crippen LogP) is 2.99. The van der Waals surface area contributed by atoms with Gasteiger partial charge in [0.25, 0.3) is 11.8 Å². The summed E-state index contributed by atoms with van der Waals surface area (Å²) < 4.78 is 4.85. The van der Waals surface area contributed by atoms with Crippen molar-refractivity contribution in [2.45, 2.75) is 0 Å². The maximum absolute atomic E-state index is 12.1. The number of benzene rings is 2. The van der Waals surface area contributed by atoms with E-state index in [1.165, 1.54) is 37.4 Å². The van der Waals surface area contributed by atoms with Crippen LogP contribution in [-0.4, -0.2) is 23.8 Å². The number of methoxy groups -OCH3 is 1. The molecule has 2 rings (SSSR count). The minimum atomic E-state index is -0.746. The van der Waals surface area contributed by atoms with Crippen molar-refractivity contribution in [3.8, 4) is 5.75 Å². The number of halogens is 2. The van der Waals surface area contributed by atoms with Crippen LogP contribution >= 0.6 is 23.2 Å². The Bertz CT molecular complexity index is 857. The van der Waals surface area contributed by atoms with E-state index >= 15 is 0 Å². The first kappa shape index (κ1) is 18.5. The first-order valence-electron chi connectivity index (χ1n) is 6.71. The van der Waals surface area contributed by atoms with Crippen LogP contribution in [0.3, 0.4) is 0 Å². The van der Waals surface area contributed by atoms with Gasteiger partial charge >= 0.3 is 5.69 Å². The van der Waals surface area contributed by atoms with Crippen LogP contribution in [0.25, 0.3) is 0 Å². The quantitative estimate of drug-likeness (QED) is 0.622. The molecule has 0 aromatic heterocycles. The Morgan fingerprint density at radius 2 is 1.76 bits per heavy atom. The first-order chi connectivity index (χ1) is 11.8. The van der Waals surface area contributed by atoms with Gasteiger partial charge < -0.3 is 4.74 Å². The number of rotatable bonds is 4. The van der Waals surface area contributed by atoms with Gasteiger partial charge in [-0.1, -0.05) is 23.2 Å². The molecule has 2 aromatic rings. The lowest BCUT2D eigenvalue weighted by Gasteiger charge is -2.09. The number of amides is 2. The second-order valence-electron chi connectivity index (χ2n) is 4.68. The fraction of sp³-hybridized carbons (Fsp3) is 0.0667. The Labute approximate surface area is 151 Å². The maximum Gasteiger partial charge on any atom is 0.311 e. The molecular formula is C15H11Cl2N3O5. The van der Waals surface area contributed by atoms with Gasteiger partial charge in [0.2, 0.25) is 0 Å². The van der Waals surface area contributed by atoms with Gasteiger partial charge in [-0.25, -0.2) is 0 Å². The number of ether oxygens (including phenoxy) is 1. The molecule has 0 aliphatic rings. The number of nitro groups is 1. The van der Waals surface area contributed by atoms with Crippen LogP contribution in [0.1, 0.15) is 20.7 Å². The lowest BCUT2D eigenvalue weighted by Crippen LogP contribution is -2.41. The fourth-order valence-electron chi connectivity index (χ4n) is 1.90. The lowest BCUT2D eigenvalue weighted by molar-refractivity contribution is -0.385. The minimum absolute atomic E-state index is 0.0125. The summed E-state index contributed by atoms with van der Waals surface area (Å²) in [5.41, 5.74) is 4.02. The molecular weight excluding hydrogens is 373 g/mol. The zero-order valence-corrected chi connectivity index (χ0v) is 14.2. The molecule has 0 saturated heterocycles. The Balaban J connectivity index is 2.11. The van der Waals surface area contributed by atoms with Crippen molar-refractivity contribution in [3.63, 3.8) is 0 Å². The van der Waals surface area contributed by atoms with Crippen LogP contribution in [0.4, 0.5) is 5.69 Å². The van der Waals surface area contributed by atoms with E-state index in [0.717, 1.165) is 6.07 Å². The zero-order valence-electron chi connectivity index (χ0n) is 12.7. The topological polar surface area (TPSA) is 111 Å². The van der Waals surface area contributed by atoms with Crippen LogP contribution in [-0.2, 0) is 0 Å². The van der Waals surface area contributed by atoms with E-state index in [0.29, 0.717) is 5.02 Å². The van der Waals surface area contributed by atoms with Crippen LogP contribution in [0.15, 0.2) is 36.4 Å². The van der Waals surface area contributed by atoms with E-state index in [2.05, 4.69) is 10.9 Å². The number of hydrogen-bond donors (Lipinski definition) is 2. The van der Waals surface area contributed by atoms with Crippen molar-refractivity contribution < 1.29 is 19.2 Å². The van der Waals surface area contributed by atoms with Gasteiger partial charge in [-0.2, -0.15) is 0 Å². The minimum Gasteiger partial charge on any atom is -0.490 e. The molecule has 2 amide bonds. The van der Waals surface area contributed by atoms with Crippen LogP contribution in [0, 0.1) is 10.1 Å².